The molecule has 1 rings (SSSR count). The Bertz CT molecular complexity index is 181. The molecule has 5 heteroatoms. The molecule has 0 saturated carbocycles. The quantitative estimate of drug-likeness (QED) is 0.648. The molecule has 0 aliphatic carbocycles. The van der Waals surface area contributed by atoms with Crippen LogP contribution in [0, 0.1) is 0 Å². The minimum Gasteiger partial charge on any atom is -0.338 e. The van der Waals surface area contributed by atoms with Crippen molar-refractivity contribution in [2.75, 3.05) is 19.6 Å². The van der Waals surface area contributed by atoms with Crippen LogP contribution in [-0.2, 0) is 0 Å². The van der Waals surface area contributed by atoms with Crippen LogP contribution >= 0.6 is 12.4 Å². The standard InChI is InChI=1S/C9H19N3O.ClH/c1-3-11-8(13)12-9(2)4-6-10-7-5-9;/h10H,3-7H2,1-2H3,(H2,11,12,13);1H. The molecular formula is C9H20ClN3O. The number of carbonyl (C=O) groups is 1. The van der Waals surface area contributed by atoms with Gasteiger partial charge in [-0.1, -0.05) is 0 Å². The van der Waals surface area contributed by atoms with Crippen molar-refractivity contribution >= 4 is 18.4 Å². The molecule has 1 fully saturated rings. The molecule has 4 nitrogen and oxygen atoms in total. The van der Waals surface area contributed by atoms with E-state index in [1.807, 2.05) is 6.92 Å². The highest BCUT2D eigenvalue weighted by Gasteiger charge is 2.27. The van der Waals surface area contributed by atoms with Gasteiger partial charge in [-0.15, -0.1) is 12.4 Å². The molecule has 0 aromatic heterocycles. The van der Waals surface area contributed by atoms with E-state index in [9.17, 15) is 4.79 Å². The Hall–Kier alpha value is -0.480. The summed E-state index contributed by atoms with van der Waals surface area (Å²) in [5.74, 6) is 0. The lowest BCUT2D eigenvalue weighted by atomic mass is 9.91. The van der Waals surface area contributed by atoms with Crippen LogP contribution in [0.3, 0.4) is 0 Å². The third-order valence-electron chi connectivity index (χ3n) is 2.46. The molecule has 1 saturated heterocycles. The van der Waals surface area contributed by atoms with Crippen molar-refractivity contribution in [2.45, 2.75) is 32.2 Å². The van der Waals surface area contributed by atoms with E-state index in [-0.39, 0.29) is 24.0 Å². The summed E-state index contributed by atoms with van der Waals surface area (Å²) in [5.41, 5.74) is -0.0233. The summed E-state index contributed by atoms with van der Waals surface area (Å²) >= 11 is 0. The number of hydrogen-bond donors (Lipinski definition) is 3. The van der Waals surface area contributed by atoms with Gasteiger partial charge in [0.2, 0.25) is 0 Å². The first-order valence-corrected chi connectivity index (χ1v) is 4.93. The largest absolute Gasteiger partial charge is 0.338 e. The summed E-state index contributed by atoms with van der Waals surface area (Å²) in [7, 11) is 0. The fourth-order valence-corrected chi connectivity index (χ4v) is 1.58. The van der Waals surface area contributed by atoms with Crippen molar-refractivity contribution in [3.63, 3.8) is 0 Å². The molecule has 2 amide bonds. The zero-order valence-corrected chi connectivity index (χ0v) is 9.67. The predicted molar refractivity (Wildman–Crippen MR) is 60.0 cm³/mol. The van der Waals surface area contributed by atoms with Gasteiger partial charge in [0.15, 0.2) is 0 Å². The maximum Gasteiger partial charge on any atom is 0.315 e. The highest BCUT2D eigenvalue weighted by atomic mass is 35.5. The minimum atomic E-state index is -0.0492. The van der Waals surface area contributed by atoms with Gasteiger partial charge in [-0.3, -0.25) is 0 Å². The fraction of sp³-hybridized carbons (Fsp3) is 0.889. The minimum absolute atomic E-state index is 0. The van der Waals surface area contributed by atoms with Crippen molar-refractivity contribution < 1.29 is 4.79 Å². The highest BCUT2D eigenvalue weighted by molar-refractivity contribution is 5.85. The van der Waals surface area contributed by atoms with E-state index in [4.69, 9.17) is 0 Å². The summed E-state index contributed by atoms with van der Waals surface area (Å²) in [4.78, 5) is 11.3. The van der Waals surface area contributed by atoms with Crippen LogP contribution in [0.5, 0.6) is 0 Å². The van der Waals surface area contributed by atoms with Crippen LogP contribution in [0.4, 0.5) is 4.79 Å². The lowest BCUT2D eigenvalue weighted by molar-refractivity contribution is 0.215. The normalized spacial score (nSPS) is 19.3. The lowest BCUT2D eigenvalue weighted by Gasteiger charge is -2.34. The third-order valence-corrected chi connectivity index (χ3v) is 2.46. The van der Waals surface area contributed by atoms with Crippen molar-refractivity contribution in [3.8, 4) is 0 Å². The first-order valence-electron chi connectivity index (χ1n) is 4.93. The number of piperidine rings is 1. The maximum absolute atomic E-state index is 11.3. The molecule has 1 aliphatic heterocycles. The molecule has 1 aliphatic rings. The molecular weight excluding hydrogens is 202 g/mol. The van der Waals surface area contributed by atoms with E-state index in [2.05, 4.69) is 22.9 Å². The average Bonchev–Trinajstić information content (AvgIpc) is 2.04. The van der Waals surface area contributed by atoms with Crippen molar-refractivity contribution in [1.82, 2.24) is 16.0 Å². The predicted octanol–water partition coefficient (Wildman–Crippen LogP) is 0.869. The van der Waals surface area contributed by atoms with E-state index in [1.54, 1.807) is 0 Å². The first-order chi connectivity index (χ1) is 6.16. The Morgan fingerprint density at radius 3 is 2.50 bits per heavy atom. The molecule has 3 N–H and O–H groups in total. The van der Waals surface area contributed by atoms with Crippen LogP contribution < -0.4 is 16.0 Å². The van der Waals surface area contributed by atoms with Crippen LogP contribution in [0.15, 0.2) is 0 Å². The van der Waals surface area contributed by atoms with E-state index in [1.165, 1.54) is 0 Å². The van der Waals surface area contributed by atoms with Gasteiger partial charge >= 0.3 is 6.03 Å². The number of halogens is 1. The van der Waals surface area contributed by atoms with Crippen LogP contribution in [0.25, 0.3) is 0 Å². The van der Waals surface area contributed by atoms with Gasteiger partial charge in [0, 0.05) is 12.1 Å². The molecule has 0 atom stereocenters. The van der Waals surface area contributed by atoms with Gasteiger partial charge in [-0.2, -0.15) is 0 Å². The zero-order valence-electron chi connectivity index (χ0n) is 8.85. The molecule has 1 heterocycles. The van der Waals surface area contributed by atoms with E-state index in [0.717, 1.165) is 25.9 Å². The monoisotopic (exact) mass is 221 g/mol. The second-order valence-corrected chi connectivity index (χ2v) is 3.80. The van der Waals surface area contributed by atoms with Crippen molar-refractivity contribution in [3.05, 3.63) is 0 Å². The number of rotatable bonds is 2. The van der Waals surface area contributed by atoms with Crippen molar-refractivity contribution in [2.24, 2.45) is 0 Å². The summed E-state index contributed by atoms with van der Waals surface area (Å²) < 4.78 is 0. The van der Waals surface area contributed by atoms with Gasteiger partial charge < -0.3 is 16.0 Å². The molecule has 84 valence electrons. The average molecular weight is 222 g/mol. The Kier molecular flexibility index (Phi) is 5.88. The smallest absolute Gasteiger partial charge is 0.315 e. The third kappa shape index (κ3) is 4.15. The Labute approximate surface area is 91.6 Å². The van der Waals surface area contributed by atoms with Gasteiger partial charge in [-0.25, -0.2) is 4.79 Å². The second kappa shape index (κ2) is 6.09. The van der Waals surface area contributed by atoms with Gasteiger partial charge in [0.05, 0.1) is 0 Å². The summed E-state index contributed by atoms with van der Waals surface area (Å²) in [5, 5.41) is 9.03. The number of nitrogens with one attached hydrogen (secondary N) is 3. The molecule has 0 aromatic carbocycles. The molecule has 0 radical (unpaired) electrons. The molecule has 0 bridgehead atoms. The Morgan fingerprint density at radius 2 is 2.00 bits per heavy atom. The highest BCUT2D eigenvalue weighted by Crippen LogP contribution is 2.16. The van der Waals surface area contributed by atoms with E-state index < -0.39 is 0 Å². The molecule has 0 aromatic rings. The molecule has 0 spiro atoms. The van der Waals surface area contributed by atoms with E-state index >= 15 is 0 Å². The maximum atomic E-state index is 11.3. The van der Waals surface area contributed by atoms with Crippen molar-refractivity contribution in [1.29, 1.82) is 0 Å². The van der Waals surface area contributed by atoms with E-state index in [0.29, 0.717) is 6.54 Å². The van der Waals surface area contributed by atoms with Crippen LogP contribution in [-0.4, -0.2) is 31.2 Å². The first kappa shape index (κ1) is 13.5. The van der Waals surface area contributed by atoms with Crippen LogP contribution in [0.2, 0.25) is 0 Å². The Morgan fingerprint density at radius 1 is 1.43 bits per heavy atom. The fourth-order valence-electron chi connectivity index (χ4n) is 1.58. The molecule has 0 unspecified atom stereocenters. The summed E-state index contributed by atoms with van der Waals surface area (Å²) in [6.07, 6.45) is 2.01. The van der Waals surface area contributed by atoms with Gasteiger partial charge in [-0.05, 0) is 39.8 Å². The second-order valence-electron chi connectivity index (χ2n) is 3.80. The SMILES string of the molecule is CCNC(=O)NC1(C)CCNCC1.Cl. The van der Waals surface area contributed by atoms with Crippen LogP contribution in [0.1, 0.15) is 26.7 Å². The van der Waals surface area contributed by atoms with Gasteiger partial charge in [0.1, 0.15) is 0 Å². The summed E-state index contributed by atoms with van der Waals surface area (Å²) in [6, 6.07) is -0.0492. The number of amides is 2. The number of carbonyl (C=O) groups excluding carboxylic acids is 1. The number of hydrogen-bond acceptors (Lipinski definition) is 2. The zero-order chi connectivity index (χ0) is 9.73. The summed E-state index contributed by atoms with van der Waals surface area (Å²) in [6.45, 7) is 6.68. The number of urea groups is 1. The molecule has 14 heavy (non-hydrogen) atoms. The van der Waals surface area contributed by atoms with Gasteiger partial charge in [0.25, 0.3) is 0 Å². The topological polar surface area (TPSA) is 53.2 Å². The lowest BCUT2D eigenvalue weighted by Crippen LogP contribution is -2.54. The Balaban J connectivity index is 0.00000169.